The summed E-state index contributed by atoms with van der Waals surface area (Å²) in [5.41, 5.74) is 1.08. The molecule has 2 heterocycles. The standard InChI is InChI=1S/C18H33N5O3S2.HI/c1-4-19-18(20-9-8-17-23-14(2)15(3)27-17)21-10-12-28(24,25)22-13-16-7-5-6-11-26-16;/h16,22H,4-13H2,1-3H3,(H2,19,20,21);1H. The van der Waals surface area contributed by atoms with Crippen LogP contribution in [-0.2, 0) is 21.2 Å². The maximum absolute atomic E-state index is 12.2. The lowest BCUT2D eigenvalue weighted by Gasteiger charge is -2.22. The third-order valence-electron chi connectivity index (χ3n) is 4.48. The Morgan fingerprint density at radius 2 is 2.10 bits per heavy atom. The molecular formula is C18H34IN5O3S2. The number of aliphatic imine (C=N–C) groups is 1. The van der Waals surface area contributed by atoms with Crippen LogP contribution in [0.3, 0.4) is 0 Å². The van der Waals surface area contributed by atoms with Gasteiger partial charge in [-0.1, -0.05) is 0 Å². The van der Waals surface area contributed by atoms with Crippen molar-refractivity contribution >= 4 is 51.3 Å². The minimum Gasteiger partial charge on any atom is -0.377 e. The SMILES string of the molecule is CCNC(=NCCS(=O)(=O)NCC1CCCCO1)NCCc1nc(C)c(C)s1.I. The number of nitrogens with zero attached hydrogens (tertiary/aromatic N) is 2. The summed E-state index contributed by atoms with van der Waals surface area (Å²) in [6, 6.07) is 0. The van der Waals surface area contributed by atoms with Gasteiger partial charge in [0.15, 0.2) is 5.96 Å². The number of sulfonamides is 1. The molecule has 0 radical (unpaired) electrons. The van der Waals surface area contributed by atoms with Crippen molar-refractivity contribution in [2.75, 3.05) is 38.5 Å². The monoisotopic (exact) mass is 559 g/mol. The molecule has 0 saturated carbocycles. The highest BCUT2D eigenvalue weighted by Crippen LogP contribution is 2.16. The number of aryl methyl sites for hydroxylation is 2. The quantitative estimate of drug-likeness (QED) is 0.230. The van der Waals surface area contributed by atoms with E-state index >= 15 is 0 Å². The number of ether oxygens (including phenoxy) is 1. The minimum atomic E-state index is -3.36. The first-order valence-electron chi connectivity index (χ1n) is 9.93. The molecule has 3 N–H and O–H groups in total. The topological polar surface area (TPSA) is 105 Å². The second kappa shape index (κ2) is 13.7. The first kappa shape index (κ1) is 26.5. The van der Waals surface area contributed by atoms with Gasteiger partial charge in [0.2, 0.25) is 10.0 Å². The first-order chi connectivity index (χ1) is 13.4. The smallest absolute Gasteiger partial charge is 0.213 e. The van der Waals surface area contributed by atoms with Crippen molar-refractivity contribution in [3.63, 3.8) is 0 Å². The number of aromatic nitrogens is 1. The summed E-state index contributed by atoms with van der Waals surface area (Å²) in [5.74, 6) is 0.583. The minimum absolute atomic E-state index is 0. The van der Waals surface area contributed by atoms with E-state index in [0.29, 0.717) is 32.2 Å². The number of hydrogen-bond donors (Lipinski definition) is 3. The van der Waals surface area contributed by atoms with E-state index in [1.165, 1.54) is 4.88 Å². The maximum atomic E-state index is 12.2. The lowest BCUT2D eigenvalue weighted by molar-refractivity contribution is 0.0200. The molecule has 0 spiro atoms. The normalized spacial score (nSPS) is 17.6. The molecule has 1 atom stereocenters. The molecule has 1 aliphatic rings. The summed E-state index contributed by atoms with van der Waals surface area (Å²) in [5, 5.41) is 7.47. The molecule has 1 aromatic heterocycles. The summed E-state index contributed by atoms with van der Waals surface area (Å²) < 4.78 is 32.5. The van der Waals surface area contributed by atoms with Gasteiger partial charge in [0.05, 0.1) is 29.1 Å². The Balaban J connectivity index is 0.00000420. The van der Waals surface area contributed by atoms with Gasteiger partial charge in [0.25, 0.3) is 0 Å². The van der Waals surface area contributed by atoms with Crippen LogP contribution in [0.4, 0.5) is 0 Å². The zero-order valence-electron chi connectivity index (χ0n) is 17.5. The third kappa shape index (κ3) is 10.4. The molecule has 0 amide bonds. The van der Waals surface area contributed by atoms with Crippen LogP contribution in [-0.4, -0.2) is 64.0 Å². The molecule has 11 heteroatoms. The number of hydrogen-bond acceptors (Lipinski definition) is 6. The highest BCUT2D eigenvalue weighted by atomic mass is 127. The van der Waals surface area contributed by atoms with Crippen LogP contribution in [0.5, 0.6) is 0 Å². The zero-order valence-corrected chi connectivity index (χ0v) is 21.5. The number of thiazole rings is 1. The van der Waals surface area contributed by atoms with E-state index in [1.807, 2.05) is 13.8 Å². The van der Waals surface area contributed by atoms with E-state index in [-0.39, 0.29) is 42.4 Å². The molecule has 1 saturated heterocycles. The van der Waals surface area contributed by atoms with Crippen molar-refractivity contribution in [3.8, 4) is 0 Å². The maximum Gasteiger partial charge on any atom is 0.213 e. The summed E-state index contributed by atoms with van der Waals surface area (Å²) in [6.45, 7) is 8.74. The molecule has 1 aliphatic heterocycles. The van der Waals surface area contributed by atoms with Crippen LogP contribution in [0.2, 0.25) is 0 Å². The summed E-state index contributed by atoms with van der Waals surface area (Å²) in [6.07, 6.45) is 3.86. The number of guanidine groups is 1. The average Bonchev–Trinajstić information content (AvgIpc) is 2.98. The Kier molecular flexibility index (Phi) is 12.6. The number of nitrogens with one attached hydrogen (secondary N) is 3. The fourth-order valence-electron chi connectivity index (χ4n) is 2.81. The van der Waals surface area contributed by atoms with E-state index in [9.17, 15) is 8.42 Å². The largest absolute Gasteiger partial charge is 0.377 e. The van der Waals surface area contributed by atoms with E-state index in [4.69, 9.17) is 4.74 Å². The summed E-state index contributed by atoms with van der Waals surface area (Å²) >= 11 is 1.71. The van der Waals surface area contributed by atoms with E-state index in [0.717, 1.165) is 36.4 Å². The second-order valence-corrected chi connectivity index (χ2v) is 10.1. The lowest BCUT2D eigenvalue weighted by Crippen LogP contribution is -2.39. The van der Waals surface area contributed by atoms with Gasteiger partial charge in [-0.15, -0.1) is 35.3 Å². The molecule has 0 bridgehead atoms. The second-order valence-electron chi connectivity index (χ2n) is 6.84. The molecule has 2 rings (SSSR count). The molecular weight excluding hydrogens is 525 g/mol. The predicted octanol–water partition coefficient (Wildman–Crippen LogP) is 1.96. The van der Waals surface area contributed by atoms with Crippen molar-refractivity contribution in [1.29, 1.82) is 0 Å². The van der Waals surface area contributed by atoms with Gasteiger partial charge >= 0.3 is 0 Å². The van der Waals surface area contributed by atoms with E-state index < -0.39 is 10.0 Å². The van der Waals surface area contributed by atoms with Gasteiger partial charge in [0, 0.05) is 37.5 Å². The Hall–Kier alpha value is -0.500. The molecule has 1 fully saturated rings. The van der Waals surface area contributed by atoms with Gasteiger partial charge in [-0.2, -0.15) is 0 Å². The summed E-state index contributed by atoms with van der Waals surface area (Å²) in [7, 11) is -3.36. The van der Waals surface area contributed by atoms with E-state index in [1.54, 1.807) is 11.3 Å². The fraction of sp³-hybridized carbons (Fsp3) is 0.778. The number of halogens is 1. The Bertz CT molecular complexity index is 714. The van der Waals surface area contributed by atoms with Crippen molar-refractivity contribution in [3.05, 3.63) is 15.6 Å². The van der Waals surface area contributed by atoms with Crippen LogP contribution < -0.4 is 15.4 Å². The Morgan fingerprint density at radius 1 is 1.31 bits per heavy atom. The van der Waals surface area contributed by atoms with Gasteiger partial charge in [-0.25, -0.2) is 18.1 Å². The van der Waals surface area contributed by atoms with Gasteiger partial charge in [-0.3, -0.25) is 4.99 Å². The van der Waals surface area contributed by atoms with Crippen LogP contribution >= 0.6 is 35.3 Å². The molecule has 29 heavy (non-hydrogen) atoms. The van der Waals surface area contributed by atoms with Crippen LogP contribution in [0.25, 0.3) is 0 Å². The Morgan fingerprint density at radius 3 is 2.72 bits per heavy atom. The molecule has 1 unspecified atom stereocenters. The van der Waals surface area contributed by atoms with Crippen LogP contribution in [0, 0.1) is 13.8 Å². The summed E-state index contributed by atoms with van der Waals surface area (Å²) in [4.78, 5) is 10.1. The molecule has 0 aromatic carbocycles. The molecule has 8 nitrogen and oxygen atoms in total. The fourth-order valence-corrected chi connectivity index (χ4v) is 4.66. The van der Waals surface area contributed by atoms with E-state index in [2.05, 4.69) is 32.3 Å². The first-order valence-corrected chi connectivity index (χ1v) is 12.4. The van der Waals surface area contributed by atoms with Gasteiger partial charge < -0.3 is 15.4 Å². The van der Waals surface area contributed by atoms with Crippen molar-refractivity contribution in [1.82, 2.24) is 20.3 Å². The van der Waals surface area contributed by atoms with Gasteiger partial charge in [0.1, 0.15) is 0 Å². The van der Waals surface area contributed by atoms with Gasteiger partial charge in [-0.05, 0) is 40.0 Å². The highest BCUT2D eigenvalue weighted by molar-refractivity contribution is 14.0. The average molecular weight is 560 g/mol. The Labute approximate surface area is 195 Å². The predicted molar refractivity (Wildman–Crippen MR) is 130 cm³/mol. The molecule has 1 aromatic rings. The van der Waals surface area contributed by atoms with Crippen molar-refractivity contribution < 1.29 is 13.2 Å². The zero-order chi connectivity index (χ0) is 20.4. The molecule has 0 aliphatic carbocycles. The lowest BCUT2D eigenvalue weighted by atomic mass is 10.1. The highest BCUT2D eigenvalue weighted by Gasteiger charge is 2.17. The van der Waals surface area contributed by atoms with Crippen molar-refractivity contribution in [2.24, 2.45) is 4.99 Å². The number of rotatable bonds is 10. The van der Waals surface area contributed by atoms with Crippen molar-refractivity contribution in [2.45, 2.75) is 52.6 Å². The van der Waals surface area contributed by atoms with Crippen LogP contribution in [0.15, 0.2) is 4.99 Å². The van der Waals surface area contributed by atoms with Crippen LogP contribution in [0.1, 0.15) is 41.8 Å². The molecule has 168 valence electrons. The third-order valence-corrected chi connectivity index (χ3v) is 6.94.